The fourth-order valence-corrected chi connectivity index (χ4v) is 3.14. The van der Waals surface area contributed by atoms with Crippen LogP contribution in [0.1, 0.15) is 27.8 Å². The average molecular weight is 350 g/mol. The third-order valence-electron chi connectivity index (χ3n) is 3.11. The lowest BCUT2D eigenvalue weighted by Crippen LogP contribution is -2.17. The number of halogens is 1. The molecule has 3 rings (SSSR count). The van der Waals surface area contributed by atoms with E-state index in [-0.39, 0.29) is 23.0 Å². The number of amides is 1. The molecular weight excluding hydrogens is 338 g/mol. The number of nitrogens with zero attached hydrogens (tertiary/aromatic N) is 2. The molecule has 0 spiro atoms. The van der Waals surface area contributed by atoms with Gasteiger partial charge in [-0.2, -0.15) is 0 Å². The van der Waals surface area contributed by atoms with Crippen LogP contribution in [0.4, 0.5) is 5.69 Å². The molecule has 0 radical (unpaired) electrons. The van der Waals surface area contributed by atoms with Gasteiger partial charge in [0.1, 0.15) is 0 Å². The van der Waals surface area contributed by atoms with Gasteiger partial charge in [-0.3, -0.25) is 9.20 Å². The Kier molecular flexibility index (Phi) is 4.31. The quantitative estimate of drug-likeness (QED) is 0.732. The molecule has 3 aromatic rings. The fourth-order valence-electron chi connectivity index (χ4n) is 2.12. The summed E-state index contributed by atoms with van der Waals surface area (Å²) in [5, 5.41) is 4.62. The highest BCUT2D eigenvalue weighted by atomic mass is 35.5. The molecule has 2 heterocycles. The van der Waals surface area contributed by atoms with Crippen LogP contribution >= 0.6 is 22.9 Å². The first-order valence-corrected chi connectivity index (χ1v) is 8.06. The Labute approximate surface area is 140 Å². The van der Waals surface area contributed by atoms with Gasteiger partial charge in [0.15, 0.2) is 15.8 Å². The number of imidazole rings is 1. The van der Waals surface area contributed by atoms with Crippen molar-refractivity contribution in [2.45, 2.75) is 6.92 Å². The average Bonchev–Trinajstić information content (AvgIpc) is 3.07. The highest BCUT2D eigenvalue weighted by Gasteiger charge is 2.21. The number of anilines is 1. The summed E-state index contributed by atoms with van der Waals surface area (Å²) in [5.74, 6) is -0.943. The first kappa shape index (κ1) is 15.5. The maximum atomic E-state index is 12.5. The summed E-state index contributed by atoms with van der Waals surface area (Å²) >= 11 is 7.42. The van der Waals surface area contributed by atoms with E-state index in [1.54, 1.807) is 41.8 Å². The third-order valence-corrected chi connectivity index (χ3v) is 4.13. The van der Waals surface area contributed by atoms with E-state index in [0.29, 0.717) is 10.6 Å². The van der Waals surface area contributed by atoms with Crippen LogP contribution in [0.5, 0.6) is 0 Å². The molecule has 0 fully saturated rings. The molecule has 0 atom stereocenters. The lowest BCUT2D eigenvalue weighted by Gasteiger charge is -2.10. The number of nitrogens with one attached hydrogen (secondary N) is 1. The van der Waals surface area contributed by atoms with Gasteiger partial charge in [-0.25, -0.2) is 9.78 Å². The molecule has 0 saturated carbocycles. The number of para-hydroxylation sites is 1. The Bertz CT molecular complexity index is 887. The molecule has 0 aliphatic rings. The van der Waals surface area contributed by atoms with E-state index < -0.39 is 11.9 Å². The van der Waals surface area contributed by atoms with Crippen LogP contribution in [0.3, 0.4) is 0 Å². The maximum absolute atomic E-state index is 12.5. The molecule has 118 valence electrons. The maximum Gasteiger partial charge on any atom is 0.340 e. The smallest absolute Gasteiger partial charge is 0.340 e. The van der Waals surface area contributed by atoms with Crippen LogP contribution in [0, 0.1) is 0 Å². The van der Waals surface area contributed by atoms with Gasteiger partial charge >= 0.3 is 5.97 Å². The zero-order valence-corrected chi connectivity index (χ0v) is 13.6. The molecule has 0 aliphatic heterocycles. The van der Waals surface area contributed by atoms with E-state index in [0.717, 1.165) is 0 Å². The normalized spacial score (nSPS) is 10.7. The van der Waals surface area contributed by atoms with E-state index >= 15 is 0 Å². The van der Waals surface area contributed by atoms with Gasteiger partial charge in [-0.15, -0.1) is 11.3 Å². The predicted octanol–water partition coefficient (Wildman–Crippen LogP) is 3.48. The van der Waals surface area contributed by atoms with Crippen molar-refractivity contribution in [2.24, 2.45) is 0 Å². The number of carbonyl (C=O) groups is 2. The number of esters is 1. The van der Waals surface area contributed by atoms with Gasteiger partial charge in [-0.05, 0) is 19.1 Å². The van der Waals surface area contributed by atoms with Crippen LogP contribution in [0.15, 0.2) is 35.8 Å². The van der Waals surface area contributed by atoms with Gasteiger partial charge in [-0.1, -0.05) is 23.7 Å². The number of hydrogen-bond donors (Lipinski definition) is 1. The molecule has 0 aliphatic carbocycles. The molecule has 8 heteroatoms. The zero-order chi connectivity index (χ0) is 16.4. The van der Waals surface area contributed by atoms with Crippen molar-refractivity contribution in [2.75, 3.05) is 11.9 Å². The summed E-state index contributed by atoms with van der Waals surface area (Å²) in [6.07, 6.45) is 1.71. The fraction of sp³-hybridized carbons (Fsp3) is 0.133. The molecule has 1 N–H and O–H groups in total. The van der Waals surface area contributed by atoms with Crippen LogP contribution in [0.25, 0.3) is 4.96 Å². The van der Waals surface area contributed by atoms with E-state index in [9.17, 15) is 9.59 Å². The largest absolute Gasteiger partial charge is 0.462 e. The molecule has 6 nitrogen and oxygen atoms in total. The van der Waals surface area contributed by atoms with E-state index in [2.05, 4.69) is 10.3 Å². The van der Waals surface area contributed by atoms with Crippen LogP contribution in [-0.2, 0) is 4.74 Å². The number of aromatic nitrogens is 2. The highest BCUT2D eigenvalue weighted by Crippen LogP contribution is 2.23. The highest BCUT2D eigenvalue weighted by molar-refractivity contribution is 7.15. The number of thiazole rings is 1. The minimum Gasteiger partial charge on any atom is -0.462 e. The Morgan fingerprint density at radius 2 is 2.17 bits per heavy atom. The van der Waals surface area contributed by atoms with E-state index in [1.165, 1.54) is 11.3 Å². The van der Waals surface area contributed by atoms with Crippen LogP contribution < -0.4 is 5.32 Å². The molecule has 1 amide bonds. The molecule has 0 bridgehead atoms. The molecule has 23 heavy (non-hydrogen) atoms. The van der Waals surface area contributed by atoms with Gasteiger partial charge in [0, 0.05) is 11.6 Å². The number of fused-ring (bicyclic) bond motifs is 1. The summed E-state index contributed by atoms with van der Waals surface area (Å²) in [6, 6.07) is 6.64. The second-order valence-electron chi connectivity index (χ2n) is 4.53. The number of ether oxygens (including phenoxy) is 1. The topological polar surface area (TPSA) is 72.7 Å². The van der Waals surface area contributed by atoms with Crippen LogP contribution in [-0.4, -0.2) is 27.9 Å². The van der Waals surface area contributed by atoms with Crippen molar-refractivity contribution in [3.8, 4) is 0 Å². The van der Waals surface area contributed by atoms with Gasteiger partial charge in [0.05, 0.1) is 17.9 Å². The van der Waals surface area contributed by atoms with Gasteiger partial charge < -0.3 is 10.1 Å². The first-order valence-electron chi connectivity index (χ1n) is 6.80. The van der Waals surface area contributed by atoms with E-state index in [4.69, 9.17) is 16.3 Å². The standard InChI is InChI=1S/C15H12ClN3O3S/c1-2-22-14(21)9-5-3-4-6-10(9)17-13(20)11-12(16)18-15-19(11)7-8-23-15/h3-8H,2H2,1H3,(H,17,20). The first-order chi connectivity index (χ1) is 11.1. The summed E-state index contributed by atoms with van der Waals surface area (Å²) < 4.78 is 6.60. The Hall–Kier alpha value is -2.38. The zero-order valence-electron chi connectivity index (χ0n) is 12.1. The summed E-state index contributed by atoms with van der Waals surface area (Å²) in [4.78, 5) is 29.2. The van der Waals surface area contributed by atoms with Crippen molar-refractivity contribution in [3.05, 3.63) is 52.3 Å². The molecule has 0 unspecified atom stereocenters. The summed E-state index contributed by atoms with van der Waals surface area (Å²) in [7, 11) is 0. The van der Waals surface area contributed by atoms with Gasteiger partial charge in [0.25, 0.3) is 5.91 Å². The summed E-state index contributed by atoms with van der Waals surface area (Å²) in [5.41, 5.74) is 0.865. The number of carbonyl (C=O) groups excluding carboxylic acids is 2. The Morgan fingerprint density at radius 3 is 2.96 bits per heavy atom. The third kappa shape index (κ3) is 2.93. The molecule has 0 saturated heterocycles. The number of hydrogen-bond acceptors (Lipinski definition) is 5. The molecule has 2 aromatic heterocycles. The van der Waals surface area contributed by atoms with Crippen molar-refractivity contribution in [1.82, 2.24) is 9.38 Å². The van der Waals surface area contributed by atoms with Gasteiger partial charge in [0.2, 0.25) is 0 Å². The van der Waals surface area contributed by atoms with Crippen molar-refractivity contribution in [3.63, 3.8) is 0 Å². The molecule has 1 aromatic carbocycles. The van der Waals surface area contributed by atoms with Crippen molar-refractivity contribution < 1.29 is 14.3 Å². The Balaban J connectivity index is 1.93. The minimum absolute atomic E-state index is 0.114. The second-order valence-corrected chi connectivity index (χ2v) is 5.76. The Morgan fingerprint density at radius 1 is 1.39 bits per heavy atom. The second kappa shape index (κ2) is 6.39. The van der Waals surface area contributed by atoms with Crippen molar-refractivity contribution in [1.29, 1.82) is 0 Å². The number of rotatable bonds is 4. The summed E-state index contributed by atoms with van der Waals surface area (Å²) in [6.45, 7) is 1.98. The van der Waals surface area contributed by atoms with Crippen molar-refractivity contribution >= 4 is 45.5 Å². The predicted molar refractivity (Wildman–Crippen MR) is 88.4 cm³/mol. The van der Waals surface area contributed by atoms with Crippen LogP contribution in [0.2, 0.25) is 5.15 Å². The monoisotopic (exact) mass is 349 g/mol. The lowest BCUT2D eigenvalue weighted by molar-refractivity contribution is 0.0527. The molecular formula is C15H12ClN3O3S. The minimum atomic E-state index is -0.497. The van der Waals surface area contributed by atoms with E-state index in [1.807, 2.05) is 5.38 Å². The number of benzene rings is 1. The SMILES string of the molecule is CCOC(=O)c1ccccc1NC(=O)c1c(Cl)nc2sccn12. The lowest BCUT2D eigenvalue weighted by atomic mass is 10.1.